The van der Waals surface area contributed by atoms with Gasteiger partial charge in [-0.25, -0.2) is 4.39 Å². The Labute approximate surface area is 112 Å². The summed E-state index contributed by atoms with van der Waals surface area (Å²) in [6.45, 7) is 2.83. The van der Waals surface area contributed by atoms with Crippen LogP contribution in [0, 0.1) is 5.82 Å². The standard InChI is InChI=1S/C14H19FN2O2/c1-3-14(7-4-8-16-14)13(18)17-11-6-5-10(15)9-12(11)19-2/h5-6,9,16H,3-4,7-8H2,1-2H3,(H,17,18). The summed E-state index contributed by atoms with van der Waals surface area (Å²) < 4.78 is 18.2. The molecule has 0 bridgehead atoms. The fraction of sp³-hybridized carbons (Fsp3) is 0.500. The number of hydrogen-bond donors (Lipinski definition) is 2. The molecule has 1 aliphatic rings. The van der Waals surface area contributed by atoms with Crippen LogP contribution in [0.3, 0.4) is 0 Å². The van der Waals surface area contributed by atoms with E-state index < -0.39 is 5.54 Å². The molecule has 2 rings (SSSR count). The van der Waals surface area contributed by atoms with E-state index in [1.54, 1.807) is 0 Å². The second-order valence-corrected chi connectivity index (χ2v) is 4.76. The molecule has 0 saturated carbocycles. The minimum atomic E-state index is -0.514. The van der Waals surface area contributed by atoms with Crippen LogP contribution in [0.2, 0.25) is 0 Å². The lowest BCUT2D eigenvalue weighted by atomic mass is 9.93. The van der Waals surface area contributed by atoms with Crippen LogP contribution >= 0.6 is 0 Å². The SMILES string of the molecule is CCC1(C(=O)Nc2ccc(F)cc2OC)CCCN1. The molecule has 1 aromatic carbocycles. The van der Waals surface area contributed by atoms with Crippen LogP contribution in [0.4, 0.5) is 10.1 Å². The topological polar surface area (TPSA) is 50.4 Å². The van der Waals surface area contributed by atoms with Crippen molar-refractivity contribution in [2.75, 3.05) is 19.0 Å². The molecular weight excluding hydrogens is 247 g/mol. The Balaban J connectivity index is 2.19. The summed E-state index contributed by atoms with van der Waals surface area (Å²) in [6, 6.07) is 4.08. The third-order valence-electron chi connectivity index (χ3n) is 3.69. The third kappa shape index (κ3) is 2.71. The highest BCUT2D eigenvalue weighted by atomic mass is 19.1. The number of hydrogen-bond acceptors (Lipinski definition) is 3. The normalized spacial score (nSPS) is 22.3. The van der Waals surface area contributed by atoms with E-state index in [-0.39, 0.29) is 11.7 Å². The summed E-state index contributed by atoms with van der Waals surface area (Å²) in [5.41, 5.74) is -0.0187. The maximum absolute atomic E-state index is 13.1. The van der Waals surface area contributed by atoms with Gasteiger partial charge >= 0.3 is 0 Å². The number of carbonyl (C=O) groups is 1. The summed E-state index contributed by atoms with van der Waals surface area (Å²) in [5, 5.41) is 6.09. The van der Waals surface area contributed by atoms with Crippen molar-refractivity contribution < 1.29 is 13.9 Å². The van der Waals surface area contributed by atoms with Crippen LogP contribution < -0.4 is 15.4 Å². The second-order valence-electron chi connectivity index (χ2n) is 4.76. The monoisotopic (exact) mass is 266 g/mol. The van der Waals surface area contributed by atoms with Gasteiger partial charge in [0.25, 0.3) is 0 Å². The van der Waals surface area contributed by atoms with Crippen LogP contribution in [0.1, 0.15) is 26.2 Å². The Kier molecular flexibility index (Phi) is 4.04. The van der Waals surface area contributed by atoms with E-state index in [2.05, 4.69) is 10.6 Å². The average molecular weight is 266 g/mol. The van der Waals surface area contributed by atoms with E-state index in [9.17, 15) is 9.18 Å². The van der Waals surface area contributed by atoms with Crippen molar-refractivity contribution in [3.8, 4) is 5.75 Å². The molecule has 0 aromatic heterocycles. The first-order chi connectivity index (χ1) is 9.11. The van der Waals surface area contributed by atoms with Gasteiger partial charge in [-0.1, -0.05) is 6.92 Å². The van der Waals surface area contributed by atoms with E-state index in [1.165, 1.54) is 25.3 Å². The number of ether oxygens (including phenoxy) is 1. The molecule has 4 nitrogen and oxygen atoms in total. The zero-order valence-electron chi connectivity index (χ0n) is 11.3. The number of halogens is 1. The molecule has 1 saturated heterocycles. The molecule has 1 aromatic rings. The molecule has 2 N–H and O–H groups in total. The molecule has 1 unspecified atom stereocenters. The van der Waals surface area contributed by atoms with Crippen molar-refractivity contribution in [3.63, 3.8) is 0 Å². The molecular formula is C14H19FN2O2. The van der Waals surface area contributed by atoms with Gasteiger partial charge in [-0.05, 0) is 37.9 Å². The summed E-state index contributed by atoms with van der Waals surface area (Å²) in [5.74, 6) is -0.144. The van der Waals surface area contributed by atoms with Crippen molar-refractivity contribution in [3.05, 3.63) is 24.0 Å². The summed E-state index contributed by atoms with van der Waals surface area (Å²) in [4.78, 5) is 12.4. The lowest BCUT2D eigenvalue weighted by molar-refractivity contribution is -0.122. The molecule has 104 valence electrons. The smallest absolute Gasteiger partial charge is 0.244 e. The van der Waals surface area contributed by atoms with Gasteiger partial charge in [0.2, 0.25) is 5.91 Å². The Morgan fingerprint density at radius 2 is 2.37 bits per heavy atom. The number of anilines is 1. The van der Waals surface area contributed by atoms with Crippen molar-refractivity contribution in [1.82, 2.24) is 5.32 Å². The molecule has 0 aliphatic carbocycles. The minimum absolute atomic E-state index is 0.0857. The van der Waals surface area contributed by atoms with Crippen LogP contribution in [0.25, 0.3) is 0 Å². The largest absolute Gasteiger partial charge is 0.494 e. The highest BCUT2D eigenvalue weighted by molar-refractivity contribution is 5.99. The van der Waals surface area contributed by atoms with Crippen molar-refractivity contribution in [2.24, 2.45) is 0 Å². The maximum atomic E-state index is 13.1. The van der Waals surface area contributed by atoms with Gasteiger partial charge in [0.15, 0.2) is 0 Å². The number of nitrogens with one attached hydrogen (secondary N) is 2. The van der Waals surface area contributed by atoms with Crippen LogP contribution in [0.15, 0.2) is 18.2 Å². The second kappa shape index (κ2) is 5.57. The summed E-state index contributed by atoms with van der Waals surface area (Å²) in [7, 11) is 1.45. The number of carbonyl (C=O) groups excluding carboxylic acids is 1. The van der Waals surface area contributed by atoms with Crippen LogP contribution in [-0.4, -0.2) is 25.1 Å². The maximum Gasteiger partial charge on any atom is 0.244 e. The highest BCUT2D eigenvalue weighted by Gasteiger charge is 2.39. The van der Waals surface area contributed by atoms with Gasteiger partial charge in [0.05, 0.1) is 18.3 Å². The Morgan fingerprint density at radius 1 is 1.58 bits per heavy atom. The van der Waals surface area contributed by atoms with Crippen LogP contribution in [-0.2, 0) is 4.79 Å². The number of benzene rings is 1. The molecule has 1 fully saturated rings. The molecule has 1 heterocycles. The molecule has 0 radical (unpaired) electrons. The molecule has 0 spiro atoms. The number of amides is 1. The van der Waals surface area contributed by atoms with Gasteiger partial charge in [0, 0.05) is 6.07 Å². The fourth-order valence-electron chi connectivity index (χ4n) is 2.47. The zero-order valence-corrected chi connectivity index (χ0v) is 11.3. The Hall–Kier alpha value is -1.62. The summed E-state index contributed by atoms with van der Waals surface area (Å²) in [6.07, 6.45) is 2.53. The van der Waals surface area contributed by atoms with Gasteiger partial charge in [-0.15, -0.1) is 0 Å². The Morgan fingerprint density at radius 3 is 2.95 bits per heavy atom. The first kappa shape index (κ1) is 13.8. The minimum Gasteiger partial charge on any atom is -0.494 e. The van der Waals surface area contributed by atoms with E-state index in [0.717, 1.165) is 25.8 Å². The van der Waals surface area contributed by atoms with Gasteiger partial charge < -0.3 is 15.4 Å². The zero-order chi connectivity index (χ0) is 13.9. The fourth-order valence-corrected chi connectivity index (χ4v) is 2.47. The average Bonchev–Trinajstić information content (AvgIpc) is 2.90. The predicted molar refractivity (Wildman–Crippen MR) is 71.8 cm³/mol. The Bertz CT molecular complexity index is 471. The van der Waals surface area contributed by atoms with Crippen molar-refractivity contribution >= 4 is 11.6 Å². The molecule has 1 amide bonds. The molecule has 19 heavy (non-hydrogen) atoms. The predicted octanol–water partition coefficient (Wildman–Crippen LogP) is 2.30. The first-order valence-corrected chi connectivity index (χ1v) is 6.51. The van der Waals surface area contributed by atoms with Crippen molar-refractivity contribution in [2.45, 2.75) is 31.7 Å². The summed E-state index contributed by atoms with van der Waals surface area (Å²) >= 11 is 0. The van der Waals surface area contributed by atoms with Gasteiger partial charge in [-0.3, -0.25) is 4.79 Å². The third-order valence-corrected chi connectivity index (χ3v) is 3.69. The highest BCUT2D eigenvalue weighted by Crippen LogP contribution is 2.29. The van der Waals surface area contributed by atoms with Crippen molar-refractivity contribution in [1.29, 1.82) is 0 Å². The first-order valence-electron chi connectivity index (χ1n) is 6.51. The van der Waals surface area contributed by atoms with E-state index >= 15 is 0 Å². The number of rotatable bonds is 4. The van der Waals surface area contributed by atoms with E-state index in [0.29, 0.717) is 11.4 Å². The quantitative estimate of drug-likeness (QED) is 0.879. The van der Waals surface area contributed by atoms with E-state index in [1.807, 2.05) is 6.92 Å². The van der Waals surface area contributed by atoms with Gasteiger partial charge in [0.1, 0.15) is 11.6 Å². The van der Waals surface area contributed by atoms with Crippen LogP contribution in [0.5, 0.6) is 5.75 Å². The number of methoxy groups -OCH3 is 1. The molecule has 1 aliphatic heterocycles. The lowest BCUT2D eigenvalue weighted by Gasteiger charge is -2.27. The lowest BCUT2D eigenvalue weighted by Crippen LogP contribution is -2.50. The molecule has 5 heteroatoms. The molecule has 1 atom stereocenters. The van der Waals surface area contributed by atoms with Gasteiger partial charge in [-0.2, -0.15) is 0 Å². The van der Waals surface area contributed by atoms with E-state index in [4.69, 9.17) is 4.74 Å².